The summed E-state index contributed by atoms with van der Waals surface area (Å²) in [5, 5.41) is 7.15. The van der Waals surface area contributed by atoms with E-state index in [0.717, 1.165) is 42.0 Å². The Labute approximate surface area is 120 Å². The summed E-state index contributed by atoms with van der Waals surface area (Å²) in [5.41, 5.74) is 9.08. The number of nitrogens with two attached hydrogens (primary N) is 1. The smallest absolute Gasteiger partial charge is 0.149 e. The number of nitrogens with one attached hydrogen (secondary N) is 1. The first kappa shape index (κ1) is 14.4. The summed E-state index contributed by atoms with van der Waals surface area (Å²) in [6, 6.07) is 8.07. The fraction of sp³-hybridized carbons (Fsp3) is 0.438. The van der Waals surface area contributed by atoms with Crippen molar-refractivity contribution in [3.8, 4) is 17.0 Å². The van der Waals surface area contributed by atoms with Gasteiger partial charge in [-0.2, -0.15) is 5.10 Å². The van der Waals surface area contributed by atoms with E-state index in [1.807, 2.05) is 24.3 Å². The molecule has 0 aliphatic heterocycles. The fourth-order valence-corrected chi connectivity index (χ4v) is 2.22. The Morgan fingerprint density at radius 2 is 1.95 bits per heavy atom. The van der Waals surface area contributed by atoms with Crippen LogP contribution in [0.5, 0.6) is 5.75 Å². The van der Waals surface area contributed by atoms with Crippen molar-refractivity contribution in [3.05, 3.63) is 29.8 Å². The molecule has 1 aromatic carbocycles. The number of ether oxygens (including phenoxy) is 1. The molecule has 3 N–H and O–H groups in total. The molecule has 0 saturated heterocycles. The molecular weight excluding hydrogens is 250 g/mol. The topological polar surface area (TPSA) is 63.9 Å². The molecule has 0 unspecified atom stereocenters. The quantitative estimate of drug-likeness (QED) is 0.783. The molecule has 0 atom stereocenters. The molecule has 0 fully saturated rings. The number of unbranched alkanes of at least 4 members (excludes halogenated alkanes) is 1. The average Bonchev–Trinajstić information content (AvgIpc) is 2.82. The molecule has 0 saturated carbocycles. The van der Waals surface area contributed by atoms with Crippen LogP contribution in [-0.2, 0) is 0 Å². The van der Waals surface area contributed by atoms with Crippen LogP contribution in [0.25, 0.3) is 11.3 Å². The van der Waals surface area contributed by atoms with Gasteiger partial charge in [0, 0.05) is 11.1 Å². The van der Waals surface area contributed by atoms with Crippen molar-refractivity contribution in [2.75, 3.05) is 12.3 Å². The van der Waals surface area contributed by atoms with Crippen molar-refractivity contribution in [1.82, 2.24) is 10.2 Å². The second kappa shape index (κ2) is 6.46. The highest BCUT2D eigenvalue weighted by molar-refractivity contribution is 5.69. The monoisotopic (exact) mass is 273 g/mol. The summed E-state index contributed by atoms with van der Waals surface area (Å²) < 4.78 is 5.67. The van der Waals surface area contributed by atoms with Gasteiger partial charge in [0.25, 0.3) is 0 Å². The second-order valence-electron chi connectivity index (χ2n) is 5.28. The predicted octanol–water partition coefficient (Wildman–Crippen LogP) is 3.96. The van der Waals surface area contributed by atoms with Crippen LogP contribution in [0.1, 0.15) is 45.1 Å². The molecule has 108 valence electrons. The van der Waals surface area contributed by atoms with Crippen LogP contribution in [0.3, 0.4) is 0 Å². The number of anilines is 1. The van der Waals surface area contributed by atoms with Crippen LogP contribution >= 0.6 is 0 Å². The fourth-order valence-electron chi connectivity index (χ4n) is 2.22. The zero-order valence-electron chi connectivity index (χ0n) is 12.4. The minimum Gasteiger partial charge on any atom is -0.494 e. The Hall–Kier alpha value is -1.97. The third kappa shape index (κ3) is 3.13. The summed E-state index contributed by atoms with van der Waals surface area (Å²) >= 11 is 0. The molecule has 1 heterocycles. The van der Waals surface area contributed by atoms with Gasteiger partial charge < -0.3 is 10.5 Å². The van der Waals surface area contributed by atoms with E-state index in [2.05, 4.69) is 31.0 Å². The largest absolute Gasteiger partial charge is 0.494 e. The Bertz CT molecular complexity index is 543. The summed E-state index contributed by atoms with van der Waals surface area (Å²) in [6.45, 7) is 7.16. The lowest BCUT2D eigenvalue weighted by molar-refractivity contribution is 0.309. The lowest BCUT2D eigenvalue weighted by Crippen LogP contribution is -1.97. The van der Waals surface area contributed by atoms with E-state index in [1.54, 1.807) is 0 Å². The molecule has 0 aliphatic carbocycles. The third-order valence-electron chi connectivity index (χ3n) is 3.32. The lowest BCUT2D eigenvalue weighted by atomic mass is 9.99. The molecule has 0 aliphatic rings. The van der Waals surface area contributed by atoms with Crippen molar-refractivity contribution >= 4 is 5.82 Å². The van der Waals surface area contributed by atoms with Gasteiger partial charge >= 0.3 is 0 Å². The van der Waals surface area contributed by atoms with Crippen LogP contribution in [0.2, 0.25) is 0 Å². The molecule has 1 aromatic heterocycles. The third-order valence-corrected chi connectivity index (χ3v) is 3.32. The molecule has 0 bridgehead atoms. The average molecular weight is 273 g/mol. The molecule has 0 spiro atoms. The van der Waals surface area contributed by atoms with Crippen LogP contribution in [-0.4, -0.2) is 16.8 Å². The maximum Gasteiger partial charge on any atom is 0.149 e. The maximum atomic E-state index is 5.92. The molecule has 4 heteroatoms. The molecule has 0 radical (unpaired) electrons. The number of aromatic amines is 1. The number of nitrogen functional groups attached to an aromatic ring is 1. The van der Waals surface area contributed by atoms with Crippen molar-refractivity contribution in [1.29, 1.82) is 0 Å². The number of hydrogen-bond donors (Lipinski definition) is 2. The normalized spacial score (nSPS) is 11.0. The number of aromatic nitrogens is 2. The summed E-state index contributed by atoms with van der Waals surface area (Å²) in [5.74, 6) is 1.82. The van der Waals surface area contributed by atoms with Gasteiger partial charge in [0.1, 0.15) is 11.6 Å². The first-order valence-corrected chi connectivity index (χ1v) is 7.20. The highest BCUT2D eigenvalue weighted by atomic mass is 16.5. The van der Waals surface area contributed by atoms with Gasteiger partial charge in [-0.1, -0.05) is 27.2 Å². The van der Waals surface area contributed by atoms with E-state index in [-0.39, 0.29) is 0 Å². The molecule has 20 heavy (non-hydrogen) atoms. The van der Waals surface area contributed by atoms with Crippen molar-refractivity contribution in [2.45, 2.75) is 39.5 Å². The summed E-state index contributed by atoms with van der Waals surface area (Å²) in [4.78, 5) is 0. The van der Waals surface area contributed by atoms with Crippen molar-refractivity contribution in [3.63, 3.8) is 0 Å². The Morgan fingerprint density at radius 3 is 2.55 bits per heavy atom. The van der Waals surface area contributed by atoms with E-state index in [0.29, 0.717) is 11.7 Å². The van der Waals surface area contributed by atoms with E-state index < -0.39 is 0 Å². The van der Waals surface area contributed by atoms with Gasteiger partial charge in [0.15, 0.2) is 0 Å². The number of rotatable bonds is 6. The van der Waals surface area contributed by atoms with Crippen molar-refractivity contribution in [2.24, 2.45) is 0 Å². The molecular formula is C16H23N3O. The van der Waals surface area contributed by atoms with Crippen molar-refractivity contribution < 1.29 is 4.74 Å². The first-order valence-electron chi connectivity index (χ1n) is 7.20. The Morgan fingerprint density at radius 1 is 1.25 bits per heavy atom. The number of benzene rings is 1. The number of nitrogens with zero attached hydrogens (tertiary/aromatic N) is 1. The van der Waals surface area contributed by atoms with E-state index in [9.17, 15) is 0 Å². The van der Waals surface area contributed by atoms with Crippen LogP contribution in [0.15, 0.2) is 24.3 Å². The molecule has 4 nitrogen and oxygen atoms in total. The minimum atomic E-state index is 0.337. The zero-order chi connectivity index (χ0) is 14.5. The van der Waals surface area contributed by atoms with Gasteiger partial charge in [-0.15, -0.1) is 0 Å². The second-order valence-corrected chi connectivity index (χ2v) is 5.28. The Balaban J connectivity index is 2.18. The van der Waals surface area contributed by atoms with Gasteiger partial charge in [0.2, 0.25) is 0 Å². The minimum absolute atomic E-state index is 0.337. The van der Waals surface area contributed by atoms with E-state index in [4.69, 9.17) is 10.5 Å². The number of hydrogen-bond acceptors (Lipinski definition) is 3. The predicted molar refractivity (Wildman–Crippen MR) is 82.9 cm³/mol. The van der Waals surface area contributed by atoms with E-state index >= 15 is 0 Å². The highest BCUT2D eigenvalue weighted by Gasteiger charge is 2.15. The maximum absolute atomic E-state index is 5.92. The lowest BCUT2D eigenvalue weighted by Gasteiger charge is -2.09. The Kier molecular flexibility index (Phi) is 4.66. The van der Waals surface area contributed by atoms with E-state index in [1.165, 1.54) is 0 Å². The molecule has 0 amide bonds. The van der Waals surface area contributed by atoms with Gasteiger partial charge in [-0.25, -0.2) is 0 Å². The summed E-state index contributed by atoms with van der Waals surface area (Å²) in [7, 11) is 0. The number of H-pyrrole nitrogens is 1. The van der Waals surface area contributed by atoms with Crippen LogP contribution in [0, 0.1) is 0 Å². The SMILES string of the molecule is CCCCOc1ccc(-c2[nH]nc(N)c2C(C)C)cc1. The standard InChI is InChI=1S/C16H23N3O/c1-4-5-10-20-13-8-6-12(7-9-13)15-14(11(2)3)16(17)19-18-15/h6-9,11H,4-5,10H2,1-3H3,(H3,17,18,19). The first-order chi connectivity index (χ1) is 9.63. The highest BCUT2D eigenvalue weighted by Crippen LogP contribution is 2.32. The molecule has 2 aromatic rings. The van der Waals surface area contributed by atoms with Gasteiger partial charge in [0.05, 0.1) is 12.3 Å². The van der Waals surface area contributed by atoms with Gasteiger partial charge in [-0.05, 0) is 36.6 Å². The van der Waals surface area contributed by atoms with Crippen LogP contribution in [0.4, 0.5) is 5.82 Å². The van der Waals surface area contributed by atoms with Crippen LogP contribution < -0.4 is 10.5 Å². The van der Waals surface area contributed by atoms with Gasteiger partial charge in [-0.3, -0.25) is 5.10 Å². The summed E-state index contributed by atoms with van der Waals surface area (Å²) in [6.07, 6.45) is 2.22. The molecule has 2 rings (SSSR count). The zero-order valence-corrected chi connectivity index (χ0v) is 12.4.